The third kappa shape index (κ3) is 17.8. The first-order valence-electron chi connectivity index (χ1n) is 32.3. The Morgan fingerprint density at radius 2 is 0.309 bits per heavy atom. The molecule has 35 nitrogen and oxygen atoms in total. The van der Waals surface area contributed by atoms with Crippen LogP contribution in [0.25, 0.3) is 0 Å². The largest absolute Gasteiger partial charge is 0.385 e. The Morgan fingerprint density at radius 3 is 0.454 bits per heavy atom. The van der Waals surface area contributed by atoms with Crippen LogP contribution < -0.4 is 0 Å². The van der Waals surface area contributed by atoms with Gasteiger partial charge in [0, 0.05) is 142 Å². The van der Waals surface area contributed by atoms with E-state index in [1.165, 1.54) is 142 Å². The molecule has 1 N–H and O–H groups in total. The number of ether oxygens (including phenoxy) is 34. The lowest BCUT2D eigenvalue weighted by atomic mass is 9.94. The molecule has 21 fully saturated rings. The first kappa shape index (κ1) is 81.3. The zero-order valence-electron chi connectivity index (χ0n) is 59.5. The Labute approximate surface area is 568 Å². The average Bonchev–Trinajstić information content (AvgIpc) is 0.776. The van der Waals surface area contributed by atoms with Gasteiger partial charge in [0.2, 0.25) is 0 Å². The van der Waals surface area contributed by atoms with Gasteiger partial charge in [0.05, 0.1) is 46.2 Å². The van der Waals surface area contributed by atoms with Gasteiger partial charge in [-0.05, 0) is 0 Å². The molecule has 0 aromatic carbocycles. The number of aliphatic hydroxyl groups excluding tert-OH is 1. The smallest absolute Gasteiger partial charge is 0.187 e. The summed E-state index contributed by atoms with van der Waals surface area (Å²) in [5, 5.41) is 12.5. The van der Waals surface area contributed by atoms with Crippen LogP contribution in [0.1, 0.15) is 0 Å². The van der Waals surface area contributed by atoms with Crippen LogP contribution in [-0.2, 0) is 161 Å². The third-order valence-electron chi connectivity index (χ3n) is 19.1. The molecule has 21 heterocycles. The molecule has 21 saturated heterocycles. The lowest BCUT2D eigenvalue weighted by molar-refractivity contribution is -0.402. The SMILES string of the molecule is COC[C@H]1O[C@@H]2O[C@H]3[C@H](OC)[C@@H](OC)[C@@H](O[C@H]4[C@H](OC)[C@@H](OC)[C@@H](O[C@H]5[C@@H](OC)[C@@H](OC)[C@@H](O[C@H]6[C@@H](OC)[C@@H](OC)[C@@H](O[C@H]7[C@@H](OC)[C@@H](OC)[C@@H](O[C@H]8[C@H](OC)[C@@H](O)[C@@H](O[C@H]1[C@H](OC)[C@H]2OC)O[C@@H]8COC)O[C@@H]7COC)O[C@@H]6COC)O[C@@H]5COC)O[C@@H]4COC)O[C@@H]3COC. The summed E-state index contributed by atoms with van der Waals surface area (Å²) in [6, 6.07) is 0. The first-order chi connectivity index (χ1) is 47.1. The van der Waals surface area contributed by atoms with Crippen molar-refractivity contribution in [2.24, 2.45) is 0 Å². The highest BCUT2D eigenvalue weighted by Gasteiger charge is 2.62. The minimum absolute atomic E-state index is 0.0438. The predicted octanol–water partition coefficient (Wildman–Crippen LogP) is -2.15. The van der Waals surface area contributed by atoms with E-state index in [0.717, 1.165) is 0 Å². The van der Waals surface area contributed by atoms with Crippen LogP contribution in [0, 0.1) is 0 Å². The standard InChI is InChI=1S/C62H110O35/c1-64-21-28-36-43(71-8)35(63)56(84-28)91-37-29(22-65-2)85-58(50(78-15)44(37)72-9)93-39-31(24-67-4)87-60(52(80-17)46(39)74-11)95-41-33(26-69-6)89-62(54(82-19)48(41)76-13)97-42-34(27-70-7)90-61(55(83-20)49(42)77-14)96-40-32(25-68-5)88-59(53(81-18)47(40)75-12)94-38-30(23-66-3)86-57(92-36)51(79-16)45(38)73-10/h28-63H,21-27H2,1-20H3/t28-,29-,30-,31-,32-,33-,34-,35-,36-,37-,38-,39-,40-,41-,42-,43-,44+,45-,46+,47-,48+,49-,50-,51-,52-,53-,54-,55-,56-,57-,58-,59-,60-,61-,62-/m1/s1. The number of hydrogen-bond acceptors (Lipinski definition) is 35. The molecule has 0 amide bonds. The van der Waals surface area contributed by atoms with Crippen LogP contribution in [0.2, 0.25) is 0 Å². The summed E-state index contributed by atoms with van der Waals surface area (Å²) in [6.07, 6.45) is -37.8. The van der Waals surface area contributed by atoms with Crippen molar-refractivity contribution >= 4 is 0 Å². The summed E-state index contributed by atoms with van der Waals surface area (Å²) >= 11 is 0. The van der Waals surface area contributed by atoms with E-state index in [4.69, 9.17) is 161 Å². The van der Waals surface area contributed by atoms with Gasteiger partial charge in [0.15, 0.2) is 44.0 Å². The van der Waals surface area contributed by atoms with E-state index >= 15 is 0 Å². The Kier molecular flexibility index (Phi) is 33.2. The van der Waals surface area contributed by atoms with E-state index in [-0.39, 0.29) is 46.2 Å². The Hall–Kier alpha value is -1.40. The Morgan fingerprint density at radius 1 is 0.175 bits per heavy atom. The first-order valence-corrected chi connectivity index (χ1v) is 32.3. The second kappa shape index (κ2) is 39.6. The van der Waals surface area contributed by atoms with E-state index in [1.807, 2.05) is 0 Å². The van der Waals surface area contributed by atoms with Gasteiger partial charge in [-0.1, -0.05) is 0 Å². The van der Waals surface area contributed by atoms with E-state index in [0.29, 0.717) is 0 Å². The van der Waals surface area contributed by atoms with E-state index in [2.05, 4.69) is 0 Å². The summed E-state index contributed by atoms with van der Waals surface area (Å²) < 4.78 is 218. The molecule has 0 spiro atoms. The summed E-state index contributed by atoms with van der Waals surface area (Å²) in [4.78, 5) is 0. The van der Waals surface area contributed by atoms with Crippen LogP contribution in [0.15, 0.2) is 0 Å². The molecule has 0 radical (unpaired) electrons. The van der Waals surface area contributed by atoms with Gasteiger partial charge in [-0.3, -0.25) is 0 Å². The van der Waals surface area contributed by atoms with Crippen LogP contribution in [0.3, 0.4) is 0 Å². The van der Waals surface area contributed by atoms with Crippen molar-refractivity contribution in [1.82, 2.24) is 0 Å². The Bertz CT molecular complexity index is 2180. The fourth-order valence-corrected chi connectivity index (χ4v) is 14.6. The van der Waals surface area contributed by atoms with E-state index in [1.54, 1.807) is 0 Å². The van der Waals surface area contributed by atoms with Gasteiger partial charge >= 0.3 is 0 Å². The lowest BCUT2D eigenvalue weighted by Crippen LogP contribution is -2.69. The average molecular weight is 1420 g/mol. The molecule has 21 aliphatic rings. The normalized spacial score (nSPS) is 46.4. The summed E-state index contributed by atoms with van der Waals surface area (Å²) in [7, 11) is 29.8. The fourth-order valence-electron chi connectivity index (χ4n) is 14.6. The molecule has 0 unspecified atom stereocenters. The molecule has 35 heteroatoms. The van der Waals surface area contributed by atoms with Crippen molar-refractivity contribution in [3.63, 3.8) is 0 Å². The van der Waals surface area contributed by atoms with Crippen LogP contribution >= 0.6 is 0 Å². The van der Waals surface area contributed by atoms with Crippen molar-refractivity contribution in [2.75, 3.05) is 188 Å². The predicted molar refractivity (Wildman–Crippen MR) is 324 cm³/mol. The quantitative estimate of drug-likeness (QED) is 0.0916. The second-order valence-corrected chi connectivity index (χ2v) is 24.3. The van der Waals surface area contributed by atoms with E-state index in [9.17, 15) is 5.11 Å². The number of rotatable bonds is 27. The van der Waals surface area contributed by atoms with E-state index < -0.39 is 215 Å². The molecule has 0 aliphatic carbocycles. The topological polar surface area (TPSA) is 334 Å². The molecule has 568 valence electrons. The van der Waals surface area contributed by atoms with Crippen molar-refractivity contribution in [2.45, 2.75) is 215 Å². The second-order valence-electron chi connectivity index (χ2n) is 24.3. The summed E-state index contributed by atoms with van der Waals surface area (Å²) in [5.41, 5.74) is 0. The zero-order valence-corrected chi connectivity index (χ0v) is 59.5. The van der Waals surface area contributed by atoms with Gasteiger partial charge in [0.1, 0.15) is 171 Å². The number of aliphatic hydroxyl groups is 1. The third-order valence-corrected chi connectivity index (χ3v) is 19.1. The van der Waals surface area contributed by atoms with Crippen molar-refractivity contribution in [1.29, 1.82) is 0 Å². The molecule has 97 heavy (non-hydrogen) atoms. The van der Waals surface area contributed by atoms with Crippen molar-refractivity contribution in [3.05, 3.63) is 0 Å². The van der Waals surface area contributed by atoms with Crippen LogP contribution in [-0.4, -0.2) is 408 Å². The summed E-state index contributed by atoms with van der Waals surface area (Å²) in [6.45, 7) is -0.433. The molecule has 21 aliphatic heterocycles. The molecule has 0 aromatic heterocycles. The zero-order chi connectivity index (χ0) is 70.2. The maximum absolute atomic E-state index is 12.5. The molecule has 0 aromatic rings. The van der Waals surface area contributed by atoms with Crippen molar-refractivity contribution < 1.29 is 166 Å². The lowest BCUT2D eigenvalue weighted by Gasteiger charge is -2.52. The minimum Gasteiger partial charge on any atom is -0.385 e. The van der Waals surface area contributed by atoms with Crippen LogP contribution in [0.5, 0.6) is 0 Å². The number of hydrogen-bond donors (Lipinski definition) is 1. The van der Waals surface area contributed by atoms with Gasteiger partial charge in [-0.2, -0.15) is 0 Å². The monoisotopic (exact) mass is 1410 g/mol. The minimum atomic E-state index is -1.57. The number of methoxy groups -OCH3 is 20. The maximum Gasteiger partial charge on any atom is 0.187 e. The molecular weight excluding hydrogens is 1300 g/mol. The van der Waals surface area contributed by atoms with Crippen LogP contribution in [0.4, 0.5) is 0 Å². The van der Waals surface area contributed by atoms with Gasteiger partial charge in [0.25, 0.3) is 0 Å². The van der Waals surface area contributed by atoms with Crippen molar-refractivity contribution in [3.8, 4) is 0 Å². The van der Waals surface area contributed by atoms with Gasteiger partial charge in [-0.25, -0.2) is 0 Å². The Balaban J connectivity index is 1.23. The molecule has 14 bridgehead atoms. The highest BCUT2D eigenvalue weighted by atomic mass is 16.8. The molecule has 0 saturated carbocycles. The molecular formula is C62H110O35. The molecule has 35 atom stereocenters. The highest BCUT2D eigenvalue weighted by molar-refractivity contribution is 5.04. The molecule has 21 rings (SSSR count). The fraction of sp³-hybridized carbons (Fsp3) is 1.00. The highest BCUT2D eigenvalue weighted by Crippen LogP contribution is 2.43. The summed E-state index contributed by atoms with van der Waals surface area (Å²) in [5.74, 6) is 0. The maximum atomic E-state index is 12.5. The van der Waals surface area contributed by atoms with Gasteiger partial charge in [-0.15, -0.1) is 0 Å². The van der Waals surface area contributed by atoms with Gasteiger partial charge < -0.3 is 166 Å².